The number of aromatic nitrogens is 4. The number of hydrogen-bond donors (Lipinski definition) is 1. The summed E-state index contributed by atoms with van der Waals surface area (Å²) in [6.45, 7) is 4.72. The molecule has 7 nitrogen and oxygen atoms in total. The summed E-state index contributed by atoms with van der Waals surface area (Å²) in [4.78, 5) is 12.5. The second kappa shape index (κ2) is 7.40. The van der Waals surface area contributed by atoms with Gasteiger partial charge in [0.25, 0.3) is 5.91 Å². The fourth-order valence-corrected chi connectivity index (χ4v) is 2.59. The molecule has 0 aliphatic rings. The van der Waals surface area contributed by atoms with Crippen molar-refractivity contribution >= 4 is 23.2 Å². The van der Waals surface area contributed by atoms with Gasteiger partial charge in [0.15, 0.2) is 6.73 Å². The van der Waals surface area contributed by atoms with Gasteiger partial charge in [-0.05, 0) is 32.0 Å². The van der Waals surface area contributed by atoms with Crippen molar-refractivity contribution in [1.29, 1.82) is 0 Å². The average molecular weight is 360 g/mol. The first-order valence-corrected chi connectivity index (χ1v) is 8.21. The summed E-state index contributed by atoms with van der Waals surface area (Å²) in [5.74, 6) is 0.255. The molecule has 0 aliphatic heterocycles. The molecule has 0 spiro atoms. The van der Waals surface area contributed by atoms with E-state index < -0.39 is 0 Å². The Kier molecular flexibility index (Phi) is 5.04. The number of carbonyl (C=O) groups is 1. The number of amides is 1. The van der Waals surface area contributed by atoms with Crippen LogP contribution in [0.15, 0.2) is 42.7 Å². The Labute approximate surface area is 150 Å². The van der Waals surface area contributed by atoms with E-state index in [1.165, 1.54) is 4.68 Å². The third-order valence-electron chi connectivity index (χ3n) is 3.78. The highest BCUT2D eigenvalue weighted by Gasteiger charge is 2.15. The Hall–Kier alpha value is -2.80. The maximum atomic E-state index is 12.5. The van der Waals surface area contributed by atoms with Crippen molar-refractivity contribution in [3.05, 3.63) is 59.1 Å². The molecule has 0 atom stereocenters. The molecule has 2 heterocycles. The van der Waals surface area contributed by atoms with Crippen LogP contribution in [-0.2, 0) is 13.3 Å². The fourth-order valence-electron chi connectivity index (χ4n) is 2.40. The lowest BCUT2D eigenvalue weighted by atomic mass is 10.3. The molecule has 3 aromatic rings. The van der Waals surface area contributed by atoms with Gasteiger partial charge in [-0.15, -0.1) is 0 Å². The minimum Gasteiger partial charge on any atom is -0.470 e. The monoisotopic (exact) mass is 359 g/mol. The van der Waals surface area contributed by atoms with Gasteiger partial charge >= 0.3 is 0 Å². The largest absolute Gasteiger partial charge is 0.470 e. The van der Waals surface area contributed by atoms with Crippen LogP contribution in [0.25, 0.3) is 0 Å². The minimum atomic E-state index is -0.279. The van der Waals surface area contributed by atoms with E-state index in [1.807, 2.05) is 30.7 Å². The standard InChI is InChI=1S/C17H18ClN5O2/c1-3-22-12(2)14(10-20-22)21-17(24)15-8-9-19-23(15)11-25-16-7-5-4-6-13(16)18/h4-10H,3,11H2,1-2H3,(H,21,24). The lowest BCUT2D eigenvalue weighted by Crippen LogP contribution is -2.20. The summed E-state index contributed by atoms with van der Waals surface area (Å²) in [6.07, 6.45) is 3.19. The smallest absolute Gasteiger partial charge is 0.274 e. The third kappa shape index (κ3) is 3.66. The summed E-state index contributed by atoms with van der Waals surface area (Å²) in [7, 11) is 0. The van der Waals surface area contributed by atoms with E-state index in [0.717, 1.165) is 12.2 Å². The van der Waals surface area contributed by atoms with Gasteiger partial charge in [0, 0.05) is 12.7 Å². The Bertz CT molecular complexity index is 887. The lowest BCUT2D eigenvalue weighted by molar-refractivity contribution is 0.100. The Morgan fingerprint density at radius 1 is 1.24 bits per heavy atom. The summed E-state index contributed by atoms with van der Waals surface area (Å²) in [5, 5.41) is 11.7. The molecule has 0 saturated heterocycles. The SMILES string of the molecule is CCn1ncc(NC(=O)c2ccnn2COc2ccccc2Cl)c1C. The predicted octanol–water partition coefficient (Wildman–Crippen LogP) is 3.35. The lowest BCUT2D eigenvalue weighted by Gasteiger charge is -2.11. The van der Waals surface area contributed by atoms with E-state index in [-0.39, 0.29) is 12.6 Å². The maximum absolute atomic E-state index is 12.5. The van der Waals surface area contributed by atoms with Gasteiger partial charge in [-0.25, -0.2) is 4.68 Å². The van der Waals surface area contributed by atoms with Crippen LogP contribution in [-0.4, -0.2) is 25.5 Å². The molecule has 0 bridgehead atoms. The molecule has 1 N–H and O–H groups in total. The van der Waals surface area contributed by atoms with E-state index in [9.17, 15) is 4.79 Å². The van der Waals surface area contributed by atoms with E-state index in [1.54, 1.807) is 30.6 Å². The van der Waals surface area contributed by atoms with Gasteiger partial charge in [0.1, 0.15) is 11.4 Å². The maximum Gasteiger partial charge on any atom is 0.274 e. The fraction of sp³-hybridized carbons (Fsp3) is 0.235. The van der Waals surface area contributed by atoms with Gasteiger partial charge in [0.05, 0.1) is 22.6 Å². The highest BCUT2D eigenvalue weighted by Crippen LogP contribution is 2.23. The topological polar surface area (TPSA) is 74.0 Å². The van der Waals surface area contributed by atoms with Gasteiger partial charge in [-0.2, -0.15) is 10.2 Å². The first-order chi connectivity index (χ1) is 12.1. The van der Waals surface area contributed by atoms with Crippen LogP contribution in [0.4, 0.5) is 5.69 Å². The molecule has 1 aromatic carbocycles. The summed E-state index contributed by atoms with van der Waals surface area (Å²) < 4.78 is 8.92. The number of ether oxygens (including phenoxy) is 1. The van der Waals surface area contributed by atoms with Crippen LogP contribution in [0.3, 0.4) is 0 Å². The molecule has 2 aromatic heterocycles. The zero-order valence-corrected chi connectivity index (χ0v) is 14.7. The molecule has 25 heavy (non-hydrogen) atoms. The van der Waals surface area contributed by atoms with Crippen LogP contribution in [0.5, 0.6) is 5.75 Å². The van der Waals surface area contributed by atoms with E-state index in [0.29, 0.717) is 22.2 Å². The van der Waals surface area contributed by atoms with Gasteiger partial charge < -0.3 is 10.1 Å². The summed E-state index contributed by atoms with van der Waals surface area (Å²) in [5.41, 5.74) is 1.96. The first kappa shape index (κ1) is 17.0. The third-order valence-corrected chi connectivity index (χ3v) is 4.09. The predicted molar refractivity (Wildman–Crippen MR) is 94.9 cm³/mol. The first-order valence-electron chi connectivity index (χ1n) is 7.83. The van der Waals surface area contributed by atoms with Crippen molar-refractivity contribution in [2.24, 2.45) is 0 Å². The molecule has 0 radical (unpaired) electrons. The van der Waals surface area contributed by atoms with Crippen LogP contribution in [0.1, 0.15) is 23.1 Å². The van der Waals surface area contributed by atoms with E-state index in [2.05, 4.69) is 15.5 Å². The van der Waals surface area contributed by atoms with Crippen LogP contribution in [0.2, 0.25) is 5.02 Å². The van der Waals surface area contributed by atoms with Crippen molar-refractivity contribution in [3.8, 4) is 5.75 Å². The number of para-hydroxylation sites is 1. The number of hydrogen-bond acceptors (Lipinski definition) is 4. The number of nitrogens with zero attached hydrogens (tertiary/aromatic N) is 4. The number of anilines is 1. The van der Waals surface area contributed by atoms with Crippen molar-refractivity contribution in [3.63, 3.8) is 0 Å². The molecular formula is C17H18ClN5O2. The molecule has 0 unspecified atom stereocenters. The zero-order valence-electron chi connectivity index (χ0n) is 13.9. The number of benzene rings is 1. The highest BCUT2D eigenvalue weighted by molar-refractivity contribution is 6.32. The molecular weight excluding hydrogens is 342 g/mol. The number of nitrogens with one attached hydrogen (secondary N) is 1. The highest BCUT2D eigenvalue weighted by atomic mass is 35.5. The summed E-state index contributed by atoms with van der Waals surface area (Å²) >= 11 is 6.06. The molecule has 0 saturated carbocycles. The molecule has 0 aliphatic carbocycles. The van der Waals surface area contributed by atoms with Gasteiger partial charge in [-0.3, -0.25) is 9.48 Å². The Morgan fingerprint density at radius 3 is 2.76 bits per heavy atom. The van der Waals surface area contributed by atoms with Crippen molar-refractivity contribution in [1.82, 2.24) is 19.6 Å². The van der Waals surface area contributed by atoms with Crippen LogP contribution >= 0.6 is 11.6 Å². The van der Waals surface area contributed by atoms with Gasteiger partial charge in [0.2, 0.25) is 0 Å². The molecule has 1 amide bonds. The van der Waals surface area contributed by atoms with Crippen molar-refractivity contribution in [2.75, 3.05) is 5.32 Å². The molecule has 130 valence electrons. The normalized spacial score (nSPS) is 10.7. The summed E-state index contributed by atoms with van der Waals surface area (Å²) in [6, 6.07) is 8.77. The van der Waals surface area contributed by atoms with Crippen LogP contribution in [0, 0.1) is 6.92 Å². The Balaban J connectivity index is 1.71. The number of aryl methyl sites for hydroxylation is 1. The number of carbonyl (C=O) groups excluding carboxylic acids is 1. The second-order valence-electron chi connectivity index (χ2n) is 5.33. The second-order valence-corrected chi connectivity index (χ2v) is 5.74. The zero-order chi connectivity index (χ0) is 17.8. The van der Waals surface area contributed by atoms with Gasteiger partial charge in [-0.1, -0.05) is 23.7 Å². The van der Waals surface area contributed by atoms with Crippen molar-refractivity contribution < 1.29 is 9.53 Å². The molecule has 3 rings (SSSR count). The molecule has 8 heteroatoms. The Morgan fingerprint density at radius 2 is 2.04 bits per heavy atom. The number of rotatable bonds is 6. The quantitative estimate of drug-likeness (QED) is 0.732. The van der Waals surface area contributed by atoms with E-state index in [4.69, 9.17) is 16.3 Å². The van der Waals surface area contributed by atoms with Crippen LogP contribution < -0.4 is 10.1 Å². The average Bonchev–Trinajstić information content (AvgIpc) is 3.21. The minimum absolute atomic E-state index is 0.0761. The number of halogens is 1. The van der Waals surface area contributed by atoms with E-state index >= 15 is 0 Å². The molecule has 0 fully saturated rings. The van der Waals surface area contributed by atoms with Crippen molar-refractivity contribution in [2.45, 2.75) is 27.1 Å².